The molecule has 2 rings (SSSR count). The van der Waals surface area contributed by atoms with E-state index in [0.29, 0.717) is 11.1 Å². The first kappa shape index (κ1) is 10.8. The Kier molecular flexibility index (Phi) is 2.53. The van der Waals surface area contributed by atoms with Crippen molar-refractivity contribution in [3.63, 3.8) is 0 Å². The van der Waals surface area contributed by atoms with Gasteiger partial charge in [0.25, 0.3) is 10.0 Å². The lowest BCUT2D eigenvalue weighted by Crippen LogP contribution is -2.14. The van der Waals surface area contributed by atoms with E-state index in [1.165, 1.54) is 6.20 Å². The van der Waals surface area contributed by atoms with Crippen molar-refractivity contribution in [2.45, 2.75) is 5.03 Å². The van der Waals surface area contributed by atoms with E-state index in [0.717, 1.165) is 5.39 Å². The van der Waals surface area contributed by atoms with Crippen molar-refractivity contribution in [1.82, 2.24) is 4.98 Å². The average molecular weight is 238 g/mol. The fourth-order valence-electron chi connectivity index (χ4n) is 1.48. The zero-order valence-electron chi connectivity index (χ0n) is 8.54. The second kappa shape index (κ2) is 3.73. The van der Waals surface area contributed by atoms with Crippen LogP contribution in [0.2, 0.25) is 0 Å². The van der Waals surface area contributed by atoms with Gasteiger partial charge in [-0.05, 0) is 29.7 Å². The van der Waals surface area contributed by atoms with Crippen molar-refractivity contribution in [3.05, 3.63) is 30.5 Å². The highest BCUT2D eigenvalue weighted by atomic mass is 32.2. The average Bonchev–Trinajstić information content (AvgIpc) is 2.26. The quantitative estimate of drug-likeness (QED) is 0.842. The number of fused-ring (bicyclic) bond motifs is 1. The van der Waals surface area contributed by atoms with Gasteiger partial charge in [-0.25, -0.2) is 18.5 Å². The highest BCUT2D eigenvalue weighted by Crippen LogP contribution is 2.24. The number of nitrogens with two attached hydrogens (primary N) is 1. The molecule has 0 aliphatic rings. The van der Waals surface area contributed by atoms with Crippen LogP contribution in [0.15, 0.2) is 35.5 Å². The largest absolute Gasteiger partial charge is 0.497 e. The van der Waals surface area contributed by atoms with Crippen LogP contribution < -0.4 is 9.88 Å². The molecule has 84 valence electrons. The molecule has 1 aromatic heterocycles. The Hall–Kier alpha value is -1.66. The normalized spacial score (nSPS) is 11.6. The first-order chi connectivity index (χ1) is 7.52. The van der Waals surface area contributed by atoms with E-state index in [2.05, 4.69) is 4.98 Å². The van der Waals surface area contributed by atoms with Crippen molar-refractivity contribution in [2.75, 3.05) is 7.11 Å². The number of hydrogen-bond donors (Lipinski definition) is 1. The molecule has 1 heterocycles. The van der Waals surface area contributed by atoms with Gasteiger partial charge >= 0.3 is 0 Å². The Labute approximate surface area is 92.9 Å². The summed E-state index contributed by atoms with van der Waals surface area (Å²) in [7, 11) is -2.26. The summed E-state index contributed by atoms with van der Waals surface area (Å²) in [5, 5.41) is 6.17. The van der Waals surface area contributed by atoms with Crippen LogP contribution in [0.25, 0.3) is 10.8 Å². The molecule has 0 unspecified atom stereocenters. The smallest absolute Gasteiger partial charge is 0.256 e. The number of sulfonamides is 1. The molecule has 0 atom stereocenters. The molecule has 0 spiro atoms. The lowest BCUT2D eigenvalue weighted by molar-refractivity contribution is 0.415. The van der Waals surface area contributed by atoms with Gasteiger partial charge in [-0.15, -0.1) is 0 Å². The molecule has 0 bridgehead atoms. The molecule has 0 saturated carbocycles. The number of hydrogen-bond acceptors (Lipinski definition) is 4. The van der Waals surface area contributed by atoms with Crippen molar-refractivity contribution in [1.29, 1.82) is 0 Å². The SMILES string of the molecule is COc1ccc2c(S(N)(=O)=O)nccc2c1. The number of primary sulfonamides is 1. The van der Waals surface area contributed by atoms with E-state index >= 15 is 0 Å². The molecule has 6 heteroatoms. The first-order valence-electron chi connectivity index (χ1n) is 4.48. The third-order valence-electron chi connectivity index (χ3n) is 2.20. The summed E-state index contributed by atoms with van der Waals surface area (Å²) in [6, 6.07) is 6.72. The van der Waals surface area contributed by atoms with Gasteiger partial charge in [0.1, 0.15) is 5.75 Å². The van der Waals surface area contributed by atoms with Gasteiger partial charge in [0.15, 0.2) is 5.03 Å². The van der Waals surface area contributed by atoms with Crippen LogP contribution in [-0.2, 0) is 10.0 Å². The highest BCUT2D eigenvalue weighted by Gasteiger charge is 2.13. The summed E-state index contributed by atoms with van der Waals surface area (Å²) in [6.07, 6.45) is 1.40. The van der Waals surface area contributed by atoms with Crippen LogP contribution >= 0.6 is 0 Å². The Balaban J connectivity index is 2.80. The Bertz CT molecular complexity index is 638. The molecule has 16 heavy (non-hydrogen) atoms. The van der Waals surface area contributed by atoms with Crippen molar-refractivity contribution >= 4 is 20.8 Å². The van der Waals surface area contributed by atoms with Gasteiger partial charge in [-0.3, -0.25) is 0 Å². The molecule has 2 aromatic rings. The topological polar surface area (TPSA) is 82.3 Å². The molecule has 2 N–H and O–H groups in total. The monoisotopic (exact) mass is 238 g/mol. The van der Waals surface area contributed by atoms with Gasteiger partial charge in [0.05, 0.1) is 7.11 Å². The summed E-state index contributed by atoms with van der Waals surface area (Å²) in [6.45, 7) is 0. The van der Waals surface area contributed by atoms with Crippen LogP contribution in [0.4, 0.5) is 0 Å². The van der Waals surface area contributed by atoms with Crippen molar-refractivity contribution < 1.29 is 13.2 Å². The Morgan fingerprint density at radius 2 is 2.06 bits per heavy atom. The summed E-state index contributed by atoms with van der Waals surface area (Å²) >= 11 is 0. The van der Waals surface area contributed by atoms with Crippen LogP contribution in [0.3, 0.4) is 0 Å². The van der Waals surface area contributed by atoms with Gasteiger partial charge in [-0.1, -0.05) is 0 Å². The van der Waals surface area contributed by atoms with Gasteiger partial charge < -0.3 is 4.74 Å². The Morgan fingerprint density at radius 1 is 1.31 bits per heavy atom. The molecular formula is C10H10N2O3S. The van der Waals surface area contributed by atoms with E-state index < -0.39 is 10.0 Å². The molecule has 0 radical (unpaired) electrons. The van der Waals surface area contributed by atoms with Crippen molar-refractivity contribution in [2.24, 2.45) is 5.14 Å². The van der Waals surface area contributed by atoms with E-state index in [1.807, 2.05) is 0 Å². The molecule has 0 saturated heterocycles. The van der Waals surface area contributed by atoms with Crippen LogP contribution in [0.5, 0.6) is 5.75 Å². The Morgan fingerprint density at radius 3 is 2.69 bits per heavy atom. The fraction of sp³-hybridized carbons (Fsp3) is 0.100. The predicted molar refractivity (Wildman–Crippen MR) is 59.7 cm³/mol. The van der Waals surface area contributed by atoms with E-state index in [4.69, 9.17) is 9.88 Å². The van der Waals surface area contributed by atoms with E-state index in [9.17, 15) is 8.42 Å². The van der Waals surface area contributed by atoms with Gasteiger partial charge in [0.2, 0.25) is 0 Å². The molecule has 0 aliphatic heterocycles. The van der Waals surface area contributed by atoms with Gasteiger partial charge in [0, 0.05) is 11.6 Å². The van der Waals surface area contributed by atoms with Crippen LogP contribution in [-0.4, -0.2) is 20.5 Å². The summed E-state index contributed by atoms with van der Waals surface area (Å²) < 4.78 is 27.6. The van der Waals surface area contributed by atoms with Crippen LogP contribution in [0, 0.1) is 0 Å². The first-order valence-corrected chi connectivity index (χ1v) is 6.02. The number of ether oxygens (including phenoxy) is 1. The zero-order chi connectivity index (χ0) is 11.8. The number of methoxy groups -OCH3 is 1. The maximum Gasteiger partial charge on any atom is 0.256 e. The molecule has 5 nitrogen and oxygen atoms in total. The fourth-order valence-corrected chi connectivity index (χ4v) is 2.18. The zero-order valence-corrected chi connectivity index (χ0v) is 9.36. The third kappa shape index (κ3) is 1.84. The molecular weight excluding hydrogens is 228 g/mol. The summed E-state index contributed by atoms with van der Waals surface area (Å²) in [5.74, 6) is 0.652. The van der Waals surface area contributed by atoms with E-state index in [1.54, 1.807) is 31.4 Å². The molecule has 0 amide bonds. The van der Waals surface area contributed by atoms with Gasteiger partial charge in [-0.2, -0.15) is 0 Å². The molecule has 0 aliphatic carbocycles. The van der Waals surface area contributed by atoms with Crippen LogP contribution in [0.1, 0.15) is 0 Å². The minimum absolute atomic E-state index is 0.118. The number of pyridine rings is 1. The predicted octanol–water partition coefficient (Wildman–Crippen LogP) is 0.891. The second-order valence-electron chi connectivity index (χ2n) is 3.25. The third-order valence-corrected chi connectivity index (χ3v) is 3.07. The standard InChI is InChI=1S/C10H10N2O3S/c1-15-8-2-3-9-7(6-8)4-5-12-10(9)16(11,13)14/h2-6H,1H3,(H2,11,13,14). The molecule has 1 aromatic carbocycles. The maximum absolute atomic E-state index is 11.3. The maximum atomic E-state index is 11.3. The highest BCUT2D eigenvalue weighted by molar-refractivity contribution is 7.89. The minimum atomic E-state index is -3.80. The summed E-state index contributed by atoms with van der Waals surface area (Å²) in [4.78, 5) is 3.78. The summed E-state index contributed by atoms with van der Waals surface area (Å²) in [5.41, 5.74) is 0. The number of aromatic nitrogens is 1. The number of nitrogens with zero attached hydrogens (tertiary/aromatic N) is 1. The lowest BCUT2D eigenvalue weighted by atomic mass is 10.2. The number of rotatable bonds is 2. The number of benzene rings is 1. The lowest BCUT2D eigenvalue weighted by Gasteiger charge is -2.05. The van der Waals surface area contributed by atoms with Crippen molar-refractivity contribution in [3.8, 4) is 5.75 Å². The second-order valence-corrected chi connectivity index (χ2v) is 4.72. The van der Waals surface area contributed by atoms with E-state index in [-0.39, 0.29) is 5.03 Å². The molecule has 0 fully saturated rings. The minimum Gasteiger partial charge on any atom is -0.497 e.